The van der Waals surface area contributed by atoms with Crippen LogP contribution in [-0.2, 0) is 22.7 Å². The van der Waals surface area contributed by atoms with E-state index >= 15 is 0 Å². The van der Waals surface area contributed by atoms with Crippen LogP contribution in [0, 0.1) is 0 Å². The molecule has 0 saturated carbocycles. The molecule has 4 heteroatoms. The molecule has 0 bridgehead atoms. The lowest BCUT2D eigenvalue weighted by atomic mass is 10.1. The number of rotatable bonds is 7. The van der Waals surface area contributed by atoms with Gasteiger partial charge in [-0.3, -0.25) is 0 Å². The molecule has 4 nitrogen and oxygen atoms in total. The fraction of sp³-hybridized carbons (Fsp3) is 0.308. The molecule has 0 heterocycles. The third-order valence-electron chi connectivity index (χ3n) is 2.37. The molecule has 0 aliphatic carbocycles. The van der Waals surface area contributed by atoms with Crippen molar-refractivity contribution in [2.24, 2.45) is 0 Å². The number of carbonyl (C=O) groups is 1. The second-order valence-corrected chi connectivity index (χ2v) is 3.71. The van der Waals surface area contributed by atoms with E-state index in [-0.39, 0.29) is 12.1 Å². The molecule has 1 rings (SSSR count). The SMILES string of the molecule is C=C(CNCc1ccccc1COC)C(=O)O. The standard InChI is InChI=1S/C13H17NO3/c1-10(13(15)16)7-14-8-11-5-3-4-6-12(11)9-17-2/h3-6,14H,1,7-9H2,2H3,(H,15,16). The number of aliphatic carboxylic acids is 1. The minimum Gasteiger partial charge on any atom is -0.478 e. The van der Waals surface area contributed by atoms with Gasteiger partial charge in [0, 0.05) is 25.8 Å². The highest BCUT2D eigenvalue weighted by atomic mass is 16.5. The topological polar surface area (TPSA) is 58.6 Å². The fourth-order valence-corrected chi connectivity index (χ4v) is 1.45. The molecule has 0 spiro atoms. The molecule has 0 amide bonds. The maximum Gasteiger partial charge on any atom is 0.332 e. The first-order valence-electron chi connectivity index (χ1n) is 5.32. The summed E-state index contributed by atoms with van der Waals surface area (Å²) in [6.45, 7) is 4.89. The first kappa shape index (κ1) is 13.4. The summed E-state index contributed by atoms with van der Waals surface area (Å²) in [5.74, 6) is -0.970. The zero-order valence-electron chi connectivity index (χ0n) is 9.90. The fourth-order valence-electron chi connectivity index (χ4n) is 1.45. The summed E-state index contributed by atoms with van der Waals surface area (Å²) in [6.07, 6.45) is 0. The van der Waals surface area contributed by atoms with Gasteiger partial charge < -0.3 is 15.2 Å². The Morgan fingerprint density at radius 1 is 1.41 bits per heavy atom. The van der Waals surface area contributed by atoms with Crippen molar-refractivity contribution in [1.82, 2.24) is 5.32 Å². The summed E-state index contributed by atoms with van der Waals surface area (Å²) < 4.78 is 5.09. The van der Waals surface area contributed by atoms with Crippen molar-refractivity contribution < 1.29 is 14.6 Å². The van der Waals surface area contributed by atoms with Crippen molar-refractivity contribution in [3.63, 3.8) is 0 Å². The van der Waals surface area contributed by atoms with Crippen LogP contribution in [0.25, 0.3) is 0 Å². The number of hydrogen-bond acceptors (Lipinski definition) is 3. The Labute approximate surface area is 101 Å². The Morgan fingerprint density at radius 2 is 2.06 bits per heavy atom. The summed E-state index contributed by atoms with van der Waals surface area (Å²) in [7, 11) is 1.65. The maximum absolute atomic E-state index is 10.6. The molecule has 0 saturated heterocycles. The Kier molecular flexibility index (Phi) is 5.39. The molecule has 0 aromatic heterocycles. The number of benzene rings is 1. The molecule has 0 atom stereocenters. The third kappa shape index (κ3) is 4.38. The van der Waals surface area contributed by atoms with Gasteiger partial charge in [-0.1, -0.05) is 30.8 Å². The summed E-state index contributed by atoms with van der Waals surface area (Å²) in [6, 6.07) is 7.88. The molecule has 17 heavy (non-hydrogen) atoms. The molecular formula is C13H17NO3. The summed E-state index contributed by atoms with van der Waals surface area (Å²) in [5, 5.41) is 11.7. The Morgan fingerprint density at radius 3 is 2.65 bits per heavy atom. The van der Waals surface area contributed by atoms with Crippen LogP contribution >= 0.6 is 0 Å². The number of methoxy groups -OCH3 is 1. The van der Waals surface area contributed by atoms with E-state index in [1.54, 1.807) is 7.11 Å². The van der Waals surface area contributed by atoms with Crippen LogP contribution in [0.4, 0.5) is 0 Å². The zero-order valence-corrected chi connectivity index (χ0v) is 9.90. The number of carboxylic acid groups (broad SMARTS) is 1. The number of ether oxygens (including phenoxy) is 1. The van der Waals surface area contributed by atoms with Crippen LogP contribution in [0.15, 0.2) is 36.4 Å². The molecule has 0 fully saturated rings. The highest BCUT2D eigenvalue weighted by Gasteiger charge is 2.04. The summed E-state index contributed by atoms with van der Waals surface area (Å²) in [5.41, 5.74) is 2.37. The van der Waals surface area contributed by atoms with E-state index in [4.69, 9.17) is 9.84 Å². The first-order valence-corrected chi connectivity index (χ1v) is 5.32. The molecule has 92 valence electrons. The summed E-state index contributed by atoms with van der Waals surface area (Å²) in [4.78, 5) is 10.6. The summed E-state index contributed by atoms with van der Waals surface area (Å²) >= 11 is 0. The monoisotopic (exact) mass is 235 g/mol. The largest absolute Gasteiger partial charge is 0.478 e. The van der Waals surface area contributed by atoms with Crippen LogP contribution in [0.2, 0.25) is 0 Å². The van der Waals surface area contributed by atoms with Crippen molar-refractivity contribution in [1.29, 1.82) is 0 Å². The van der Waals surface area contributed by atoms with Crippen LogP contribution in [0.3, 0.4) is 0 Å². The van der Waals surface area contributed by atoms with Gasteiger partial charge in [-0.05, 0) is 11.1 Å². The van der Waals surface area contributed by atoms with E-state index in [2.05, 4.69) is 11.9 Å². The molecule has 2 N–H and O–H groups in total. The zero-order chi connectivity index (χ0) is 12.7. The van der Waals surface area contributed by atoms with Crippen LogP contribution < -0.4 is 5.32 Å². The Bertz CT molecular complexity index is 401. The van der Waals surface area contributed by atoms with Crippen LogP contribution in [-0.4, -0.2) is 24.7 Å². The Balaban J connectivity index is 2.51. The van der Waals surface area contributed by atoms with Gasteiger partial charge >= 0.3 is 5.97 Å². The van der Waals surface area contributed by atoms with Gasteiger partial charge in [-0.15, -0.1) is 0 Å². The van der Waals surface area contributed by atoms with E-state index in [9.17, 15) is 4.79 Å². The van der Waals surface area contributed by atoms with Gasteiger partial charge in [-0.25, -0.2) is 4.79 Å². The molecule has 1 aromatic rings. The lowest BCUT2D eigenvalue weighted by Gasteiger charge is -2.09. The molecule has 0 radical (unpaired) electrons. The van der Waals surface area contributed by atoms with Crippen molar-refractivity contribution in [2.45, 2.75) is 13.2 Å². The van der Waals surface area contributed by atoms with Crippen molar-refractivity contribution in [3.05, 3.63) is 47.5 Å². The Hall–Kier alpha value is -1.65. The normalized spacial score (nSPS) is 10.2. The lowest BCUT2D eigenvalue weighted by molar-refractivity contribution is -0.132. The van der Waals surface area contributed by atoms with Crippen molar-refractivity contribution in [3.8, 4) is 0 Å². The highest BCUT2D eigenvalue weighted by Crippen LogP contribution is 2.09. The quantitative estimate of drug-likeness (QED) is 0.704. The van der Waals surface area contributed by atoms with E-state index in [1.807, 2.05) is 24.3 Å². The van der Waals surface area contributed by atoms with Gasteiger partial charge in [0.25, 0.3) is 0 Å². The van der Waals surface area contributed by atoms with E-state index in [1.165, 1.54) is 0 Å². The number of hydrogen-bond donors (Lipinski definition) is 2. The van der Waals surface area contributed by atoms with Gasteiger partial charge in [0.05, 0.1) is 6.61 Å². The predicted molar refractivity (Wildman–Crippen MR) is 65.6 cm³/mol. The number of carboxylic acids is 1. The van der Waals surface area contributed by atoms with Crippen LogP contribution in [0.5, 0.6) is 0 Å². The van der Waals surface area contributed by atoms with Gasteiger partial charge in [0.15, 0.2) is 0 Å². The molecule has 1 aromatic carbocycles. The minimum atomic E-state index is -0.970. The van der Waals surface area contributed by atoms with Gasteiger partial charge in [0.1, 0.15) is 0 Å². The molecular weight excluding hydrogens is 218 g/mol. The molecule has 0 aliphatic heterocycles. The third-order valence-corrected chi connectivity index (χ3v) is 2.37. The first-order chi connectivity index (χ1) is 8.15. The van der Waals surface area contributed by atoms with Crippen LogP contribution in [0.1, 0.15) is 11.1 Å². The average Bonchev–Trinajstić information content (AvgIpc) is 2.31. The van der Waals surface area contributed by atoms with Gasteiger partial charge in [0.2, 0.25) is 0 Å². The van der Waals surface area contributed by atoms with E-state index in [0.717, 1.165) is 11.1 Å². The van der Waals surface area contributed by atoms with E-state index < -0.39 is 5.97 Å². The number of nitrogens with one attached hydrogen (secondary N) is 1. The second kappa shape index (κ2) is 6.83. The van der Waals surface area contributed by atoms with E-state index in [0.29, 0.717) is 13.2 Å². The van der Waals surface area contributed by atoms with Gasteiger partial charge in [-0.2, -0.15) is 0 Å². The smallest absolute Gasteiger partial charge is 0.332 e. The minimum absolute atomic E-state index is 0.161. The predicted octanol–water partition coefficient (Wildman–Crippen LogP) is 1.56. The maximum atomic E-state index is 10.6. The average molecular weight is 235 g/mol. The van der Waals surface area contributed by atoms with Crippen molar-refractivity contribution >= 4 is 5.97 Å². The second-order valence-electron chi connectivity index (χ2n) is 3.71. The lowest BCUT2D eigenvalue weighted by Crippen LogP contribution is -2.20. The molecule has 0 aliphatic rings. The van der Waals surface area contributed by atoms with Crippen molar-refractivity contribution in [2.75, 3.05) is 13.7 Å². The molecule has 0 unspecified atom stereocenters. The highest BCUT2D eigenvalue weighted by molar-refractivity contribution is 5.86.